The van der Waals surface area contributed by atoms with E-state index in [-0.39, 0.29) is 29.9 Å². The summed E-state index contributed by atoms with van der Waals surface area (Å²) < 4.78 is 9.88. The summed E-state index contributed by atoms with van der Waals surface area (Å²) in [6, 6.07) is 0. The fraction of sp³-hybridized carbons (Fsp3) is 0.867. The van der Waals surface area contributed by atoms with Gasteiger partial charge in [-0.05, 0) is 26.2 Å². The topological polar surface area (TPSA) is 72.0 Å². The Morgan fingerprint density at radius 2 is 1.68 bits per heavy atom. The van der Waals surface area contributed by atoms with Crippen LogP contribution in [0.25, 0.3) is 0 Å². The molecular formula is C15H32IN3O3. The van der Waals surface area contributed by atoms with Crippen LogP contribution in [0.3, 0.4) is 0 Å². The summed E-state index contributed by atoms with van der Waals surface area (Å²) in [5.74, 6) is 0.744. The highest BCUT2D eigenvalue weighted by atomic mass is 127. The highest BCUT2D eigenvalue weighted by Gasteiger charge is 2.01. The number of carbonyl (C=O) groups is 1. The number of halogens is 1. The molecule has 0 amide bonds. The van der Waals surface area contributed by atoms with Gasteiger partial charge in [-0.2, -0.15) is 0 Å². The highest BCUT2D eigenvalue weighted by molar-refractivity contribution is 14.0. The van der Waals surface area contributed by atoms with Crippen LogP contribution in [0.1, 0.15) is 45.4 Å². The van der Waals surface area contributed by atoms with E-state index in [0.717, 1.165) is 57.8 Å². The Morgan fingerprint density at radius 3 is 2.27 bits per heavy atom. The first-order valence-corrected chi connectivity index (χ1v) is 7.83. The van der Waals surface area contributed by atoms with E-state index in [0.29, 0.717) is 13.0 Å². The van der Waals surface area contributed by atoms with Crippen molar-refractivity contribution >= 4 is 35.9 Å². The van der Waals surface area contributed by atoms with Gasteiger partial charge in [0.25, 0.3) is 0 Å². The van der Waals surface area contributed by atoms with E-state index in [2.05, 4.69) is 15.6 Å². The van der Waals surface area contributed by atoms with Gasteiger partial charge < -0.3 is 20.1 Å². The number of ether oxygens (including phenoxy) is 2. The van der Waals surface area contributed by atoms with Crippen molar-refractivity contribution in [3.63, 3.8) is 0 Å². The monoisotopic (exact) mass is 429 g/mol. The summed E-state index contributed by atoms with van der Waals surface area (Å²) in [5, 5.41) is 6.51. The van der Waals surface area contributed by atoms with Crippen LogP contribution in [0.2, 0.25) is 0 Å². The van der Waals surface area contributed by atoms with E-state index in [9.17, 15) is 4.79 Å². The average Bonchev–Trinajstić information content (AvgIpc) is 2.48. The largest absolute Gasteiger partial charge is 0.466 e. The number of nitrogens with zero attached hydrogens (tertiary/aromatic N) is 1. The van der Waals surface area contributed by atoms with Gasteiger partial charge >= 0.3 is 5.97 Å². The number of hydrogen-bond donors (Lipinski definition) is 2. The maximum absolute atomic E-state index is 11.1. The van der Waals surface area contributed by atoms with E-state index < -0.39 is 0 Å². The SMILES string of the molecule is CCOC(=O)CCCCCCNC(=NC)NCCCOC.I. The van der Waals surface area contributed by atoms with E-state index in [1.165, 1.54) is 0 Å². The van der Waals surface area contributed by atoms with Gasteiger partial charge in [0, 0.05) is 40.3 Å². The van der Waals surface area contributed by atoms with Crippen LogP contribution in [0.15, 0.2) is 4.99 Å². The third-order valence-electron chi connectivity index (χ3n) is 2.95. The lowest BCUT2D eigenvalue weighted by atomic mass is 10.1. The van der Waals surface area contributed by atoms with Gasteiger partial charge in [0.1, 0.15) is 0 Å². The molecule has 0 saturated carbocycles. The molecule has 0 aliphatic rings. The van der Waals surface area contributed by atoms with Gasteiger partial charge in [-0.15, -0.1) is 24.0 Å². The zero-order chi connectivity index (χ0) is 15.8. The van der Waals surface area contributed by atoms with Crippen LogP contribution in [-0.4, -0.2) is 52.4 Å². The minimum absolute atomic E-state index is 0. The molecule has 0 spiro atoms. The number of methoxy groups -OCH3 is 1. The molecule has 0 rings (SSSR count). The Labute approximate surface area is 151 Å². The van der Waals surface area contributed by atoms with Crippen molar-refractivity contribution < 1.29 is 14.3 Å². The summed E-state index contributed by atoms with van der Waals surface area (Å²) in [4.78, 5) is 15.3. The normalized spacial score (nSPS) is 10.8. The third-order valence-corrected chi connectivity index (χ3v) is 2.95. The molecule has 6 nitrogen and oxygen atoms in total. The van der Waals surface area contributed by atoms with Crippen molar-refractivity contribution in [2.24, 2.45) is 4.99 Å². The molecule has 0 saturated heterocycles. The van der Waals surface area contributed by atoms with E-state index in [1.807, 2.05) is 6.92 Å². The Hall–Kier alpha value is -0.570. The molecule has 0 radical (unpaired) electrons. The second-order valence-electron chi connectivity index (χ2n) is 4.74. The molecule has 2 N–H and O–H groups in total. The molecule has 0 aliphatic heterocycles. The van der Waals surface area contributed by atoms with Crippen molar-refractivity contribution in [2.45, 2.75) is 45.4 Å². The number of hydrogen-bond acceptors (Lipinski definition) is 4. The molecule has 0 unspecified atom stereocenters. The second kappa shape index (κ2) is 18.5. The zero-order valence-electron chi connectivity index (χ0n) is 14.2. The van der Waals surface area contributed by atoms with E-state index in [1.54, 1.807) is 14.2 Å². The number of nitrogens with one attached hydrogen (secondary N) is 2. The van der Waals surface area contributed by atoms with Crippen LogP contribution < -0.4 is 10.6 Å². The number of guanidine groups is 1. The molecule has 0 aromatic rings. The lowest BCUT2D eigenvalue weighted by molar-refractivity contribution is -0.143. The summed E-state index contributed by atoms with van der Waals surface area (Å²) in [5.41, 5.74) is 0. The van der Waals surface area contributed by atoms with Crippen molar-refractivity contribution in [1.29, 1.82) is 0 Å². The van der Waals surface area contributed by atoms with Crippen molar-refractivity contribution in [2.75, 3.05) is 40.5 Å². The number of carbonyl (C=O) groups excluding carboxylic acids is 1. The first-order valence-electron chi connectivity index (χ1n) is 7.83. The molecule has 22 heavy (non-hydrogen) atoms. The van der Waals surface area contributed by atoms with Gasteiger partial charge in [0.15, 0.2) is 5.96 Å². The van der Waals surface area contributed by atoms with Gasteiger partial charge in [0.2, 0.25) is 0 Å². The highest BCUT2D eigenvalue weighted by Crippen LogP contribution is 2.03. The molecule has 0 fully saturated rings. The molecule has 0 heterocycles. The van der Waals surface area contributed by atoms with Crippen molar-refractivity contribution in [3.8, 4) is 0 Å². The van der Waals surface area contributed by atoms with Gasteiger partial charge in [-0.3, -0.25) is 9.79 Å². The molecule has 0 aromatic heterocycles. The quantitative estimate of drug-likeness (QED) is 0.164. The number of aliphatic imine (C=N–C) groups is 1. The minimum atomic E-state index is -0.0868. The number of esters is 1. The average molecular weight is 429 g/mol. The summed E-state index contributed by atoms with van der Waals surface area (Å²) in [6.45, 7) is 4.81. The predicted molar refractivity (Wildman–Crippen MR) is 101 cm³/mol. The van der Waals surface area contributed by atoms with Crippen molar-refractivity contribution in [1.82, 2.24) is 10.6 Å². The fourth-order valence-electron chi connectivity index (χ4n) is 1.83. The van der Waals surface area contributed by atoms with Crippen molar-refractivity contribution in [3.05, 3.63) is 0 Å². The molecule has 0 bridgehead atoms. The third kappa shape index (κ3) is 15.8. The molecule has 0 aliphatic carbocycles. The van der Waals surface area contributed by atoms with Crippen LogP contribution >= 0.6 is 24.0 Å². The lowest BCUT2D eigenvalue weighted by Crippen LogP contribution is -2.38. The van der Waals surface area contributed by atoms with Gasteiger partial charge in [-0.25, -0.2) is 0 Å². The molecular weight excluding hydrogens is 397 g/mol. The van der Waals surface area contributed by atoms with E-state index >= 15 is 0 Å². The van der Waals surface area contributed by atoms with Gasteiger partial charge in [0.05, 0.1) is 6.61 Å². The minimum Gasteiger partial charge on any atom is -0.466 e. The fourth-order valence-corrected chi connectivity index (χ4v) is 1.83. The van der Waals surface area contributed by atoms with Crippen LogP contribution in [0, 0.1) is 0 Å². The van der Waals surface area contributed by atoms with Gasteiger partial charge in [-0.1, -0.05) is 12.8 Å². The maximum atomic E-state index is 11.1. The summed E-state index contributed by atoms with van der Waals surface area (Å²) in [6.07, 6.45) is 5.63. The smallest absolute Gasteiger partial charge is 0.305 e. The Balaban J connectivity index is 0. The predicted octanol–water partition coefficient (Wildman–Crippen LogP) is 2.32. The Morgan fingerprint density at radius 1 is 1.05 bits per heavy atom. The number of unbranched alkanes of at least 4 members (excludes halogenated alkanes) is 3. The summed E-state index contributed by atoms with van der Waals surface area (Å²) in [7, 11) is 3.47. The summed E-state index contributed by atoms with van der Waals surface area (Å²) >= 11 is 0. The Kier molecular flexibility index (Phi) is 19.9. The van der Waals surface area contributed by atoms with E-state index in [4.69, 9.17) is 9.47 Å². The maximum Gasteiger partial charge on any atom is 0.305 e. The zero-order valence-corrected chi connectivity index (χ0v) is 16.5. The lowest BCUT2D eigenvalue weighted by Gasteiger charge is -2.11. The standard InChI is InChI=1S/C15H31N3O3.HI/c1-4-21-14(19)10-7-5-6-8-11-17-15(16-2)18-12-9-13-20-3;/h4-13H2,1-3H3,(H2,16,17,18);1H. The van der Waals surface area contributed by atoms with Crippen LogP contribution in [0.5, 0.6) is 0 Å². The first-order chi connectivity index (χ1) is 10.2. The first kappa shape index (κ1) is 23.7. The van der Waals surface area contributed by atoms with Crippen LogP contribution in [0.4, 0.5) is 0 Å². The molecule has 132 valence electrons. The molecule has 7 heteroatoms. The number of rotatable bonds is 12. The van der Waals surface area contributed by atoms with Crippen LogP contribution in [-0.2, 0) is 14.3 Å². The second-order valence-corrected chi connectivity index (χ2v) is 4.74. The molecule has 0 aromatic carbocycles. The Bertz CT molecular complexity index is 289. The molecule has 0 atom stereocenters.